The molecule has 1 amide bonds. The van der Waals surface area contributed by atoms with Gasteiger partial charge in [-0.2, -0.15) is 0 Å². The molecule has 0 atom stereocenters. The fourth-order valence-corrected chi connectivity index (χ4v) is 5.89. The van der Waals surface area contributed by atoms with Crippen LogP contribution < -0.4 is 4.90 Å². The van der Waals surface area contributed by atoms with Gasteiger partial charge in [0.15, 0.2) is 0 Å². The van der Waals surface area contributed by atoms with Crippen molar-refractivity contribution in [2.45, 2.75) is 38.1 Å². The molecule has 0 radical (unpaired) electrons. The lowest BCUT2D eigenvalue weighted by molar-refractivity contribution is -0.118. The van der Waals surface area contributed by atoms with Crippen molar-refractivity contribution in [2.24, 2.45) is 0 Å². The zero-order chi connectivity index (χ0) is 22.3. The van der Waals surface area contributed by atoms with E-state index in [9.17, 15) is 13.6 Å². The highest BCUT2D eigenvalue weighted by atomic mass is 32.1. The third kappa shape index (κ3) is 4.09. The summed E-state index contributed by atoms with van der Waals surface area (Å²) in [6.45, 7) is 5.00. The lowest BCUT2D eigenvalue weighted by atomic mass is 9.74. The third-order valence-electron chi connectivity index (χ3n) is 6.82. The number of halogens is 2. The zero-order valence-electron chi connectivity index (χ0n) is 18.1. The number of rotatable bonds is 4. The van der Waals surface area contributed by atoms with Gasteiger partial charge in [-0.1, -0.05) is 23.8 Å². The number of benzene rings is 2. The van der Waals surface area contributed by atoms with Crippen molar-refractivity contribution in [2.75, 3.05) is 24.5 Å². The molecule has 3 nitrogen and oxygen atoms in total. The van der Waals surface area contributed by atoms with E-state index in [0.717, 1.165) is 42.6 Å². The molecule has 2 aliphatic rings. The highest BCUT2D eigenvalue weighted by molar-refractivity contribution is 7.10. The van der Waals surface area contributed by atoms with Crippen molar-refractivity contribution in [1.29, 1.82) is 0 Å². The first-order chi connectivity index (χ1) is 15.4. The first kappa shape index (κ1) is 21.3. The Labute approximate surface area is 191 Å². The Morgan fingerprint density at radius 1 is 1.06 bits per heavy atom. The van der Waals surface area contributed by atoms with Crippen LogP contribution in [-0.4, -0.2) is 30.4 Å². The lowest BCUT2D eigenvalue weighted by Crippen LogP contribution is -2.46. The van der Waals surface area contributed by atoms with E-state index in [1.807, 2.05) is 22.4 Å². The zero-order valence-corrected chi connectivity index (χ0v) is 18.9. The van der Waals surface area contributed by atoms with E-state index in [-0.39, 0.29) is 11.3 Å². The van der Waals surface area contributed by atoms with Gasteiger partial charge < -0.3 is 4.90 Å². The quantitative estimate of drug-likeness (QED) is 0.525. The molecule has 5 rings (SSSR count). The molecule has 0 bridgehead atoms. The summed E-state index contributed by atoms with van der Waals surface area (Å²) in [5.74, 6) is -0.922. The summed E-state index contributed by atoms with van der Waals surface area (Å²) in [5, 5.41) is 2.01. The molecular weight excluding hydrogens is 426 g/mol. The number of amides is 1. The molecule has 166 valence electrons. The number of fused-ring (bicyclic) bond motifs is 2. The molecule has 0 N–H and O–H groups in total. The van der Waals surface area contributed by atoms with Crippen molar-refractivity contribution in [3.05, 3.63) is 87.1 Å². The van der Waals surface area contributed by atoms with E-state index in [1.165, 1.54) is 23.3 Å². The van der Waals surface area contributed by atoms with Crippen LogP contribution in [0.25, 0.3) is 0 Å². The van der Waals surface area contributed by atoms with E-state index in [0.29, 0.717) is 25.1 Å². The molecule has 1 fully saturated rings. The number of aryl methyl sites for hydroxylation is 1. The predicted octanol–water partition coefficient (Wildman–Crippen LogP) is 5.46. The molecule has 0 saturated carbocycles. The van der Waals surface area contributed by atoms with Crippen LogP contribution in [0.2, 0.25) is 0 Å². The average molecular weight is 453 g/mol. The number of nitrogens with zero attached hydrogens (tertiary/aromatic N) is 2. The van der Waals surface area contributed by atoms with Crippen LogP contribution in [0.5, 0.6) is 0 Å². The molecule has 1 aromatic heterocycles. The summed E-state index contributed by atoms with van der Waals surface area (Å²) < 4.78 is 27.2. The first-order valence-corrected chi connectivity index (χ1v) is 11.9. The highest BCUT2D eigenvalue weighted by Gasteiger charge is 2.46. The maximum Gasteiger partial charge on any atom is 0.232 e. The minimum atomic E-state index is -0.534. The molecule has 2 aromatic carbocycles. The number of hydrogen-bond donors (Lipinski definition) is 0. The van der Waals surface area contributed by atoms with Gasteiger partial charge in [0, 0.05) is 35.1 Å². The lowest BCUT2D eigenvalue weighted by Gasteiger charge is -2.40. The number of carbonyl (C=O) groups excluding carboxylic acids is 1. The maximum absolute atomic E-state index is 13.6. The first-order valence-electron chi connectivity index (χ1n) is 11.0. The molecule has 2 aliphatic heterocycles. The molecular formula is C26H26F2N2OS. The van der Waals surface area contributed by atoms with E-state index >= 15 is 0 Å². The van der Waals surface area contributed by atoms with E-state index < -0.39 is 11.6 Å². The molecule has 1 saturated heterocycles. The van der Waals surface area contributed by atoms with Gasteiger partial charge >= 0.3 is 0 Å². The summed E-state index contributed by atoms with van der Waals surface area (Å²) in [6.07, 6.45) is 2.27. The van der Waals surface area contributed by atoms with Crippen LogP contribution in [0.15, 0.2) is 53.9 Å². The second-order valence-electron chi connectivity index (χ2n) is 9.09. The molecule has 3 aromatic rings. The summed E-state index contributed by atoms with van der Waals surface area (Å²) in [5.41, 5.74) is 4.12. The van der Waals surface area contributed by atoms with Gasteiger partial charge in [0.2, 0.25) is 5.91 Å². The number of hydrogen-bond acceptors (Lipinski definition) is 3. The van der Waals surface area contributed by atoms with E-state index in [1.54, 1.807) is 11.3 Å². The maximum atomic E-state index is 13.6. The van der Waals surface area contributed by atoms with Gasteiger partial charge in [-0.25, -0.2) is 8.78 Å². The summed E-state index contributed by atoms with van der Waals surface area (Å²) in [4.78, 5) is 18.5. The number of anilines is 1. The van der Waals surface area contributed by atoms with Gasteiger partial charge in [-0.15, -0.1) is 11.3 Å². The monoisotopic (exact) mass is 452 g/mol. The number of carbonyl (C=O) groups is 1. The number of thiophene rings is 1. The largest absolute Gasteiger partial charge is 0.311 e. The molecule has 32 heavy (non-hydrogen) atoms. The van der Waals surface area contributed by atoms with Crippen LogP contribution >= 0.6 is 11.3 Å². The number of piperidine rings is 1. The summed E-state index contributed by atoms with van der Waals surface area (Å²) >= 11 is 1.62. The Morgan fingerprint density at radius 2 is 1.81 bits per heavy atom. The molecule has 1 spiro atoms. The van der Waals surface area contributed by atoms with Crippen molar-refractivity contribution in [1.82, 2.24) is 4.90 Å². The molecule has 3 heterocycles. The fraction of sp³-hybridized carbons (Fsp3) is 0.346. The Bertz CT molecular complexity index is 1120. The van der Waals surface area contributed by atoms with Crippen molar-refractivity contribution >= 4 is 22.9 Å². The van der Waals surface area contributed by atoms with Crippen LogP contribution in [0, 0.1) is 18.6 Å². The van der Waals surface area contributed by atoms with E-state index in [2.05, 4.69) is 30.0 Å². The molecule has 0 unspecified atom stereocenters. The fourth-order valence-electron chi connectivity index (χ4n) is 5.19. The van der Waals surface area contributed by atoms with Crippen LogP contribution in [-0.2, 0) is 23.2 Å². The average Bonchev–Trinajstić information content (AvgIpc) is 3.36. The normalized spacial score (nSPS) is 17.7. The van der Waals surface area contributed by atoms with Crippen LogP contribution in [0.3, 0.4) is 0 Å². The van der Waals surface area contributed by atoms with Crippen molar-refractivity contribution in [3.63, 3.8) is 0 Å². The van der Waals surface area contributed by atoms with Gasteiger partial charge in [0.1, 0.15) is 11.6 Å². The van der Waals surface area contributed by atoms with Crippen molar-refractivity contribution in [3.8, 4) is 0 Å². The minimum Gasteiger partial charge on any atom is -0.311 e. The second kappa shape index (κ2) is 8.41. The molecule has 6 heteroatoms. The standard InChI is InChI=1S/C26H26F2N2OS/c1-18-4-5-24-23(11-18)26(17-30(24)25(31)15-22-3-2-10-32-22)6-8-29(9-7-26)16-19-12-20(27)14-21(28)13-19/h2-5,10-14H,6-9,15-17H2,1H3. The summed E-state index contributed by atoms with van der Waals surface area (Å²) in [7, 11) is 0. The van der Waals surface area contributed by atoms with Gasteiger partial charge in [0.25, 0.3) is 0 Å². The summed E-state index contributed by atoms with van der Waals surface area (Å²) in [6, 6.07) is 14.1. The van der Waals surface area contributed by atoms with Crippen LogP contribution in [0.1, 0.15) is 34.4 Å². The SMILES string of the molecule is Cc1ccc2c(c1)C1(CCN(Cc3cc(F)cc(F)c3)CC1)CN2C(=O)Cc1cccs1. The third-order valence-corrected chi connectivity index (χ3v) is 7.70. The topological polar surface area (TPSA) is 23.6 Å². The van der Waals surface area contributed by atoms with Gasteiger partial charge in [-0.05, 0) is 73.6 Å². The second-order valence-corrected chi connectivity index (χ2v) is 10.1. The van der Waals surface area contributed by atoms with Crippen LogP contribution in [0.4, 0.5) is 14.5 Å². The minimum absolute atomic E-state index is 0.0594. The Morgan fingerprint density at radius 3 is 2.50 bits per heavy atom. The number of likely N-dealkylation sites (tertiary alicyclic amines) is 1. The Hall–Kier alpha value is -2.57. The Kier molecular flexibility index (Phi) is 5.59. The predicted molar refractivity (Wildman–Crippen MR) is 124 cm³/mol. The van der Waals surface area contributed by atoms with Crippen molar-refractivity contribution < 1.29 is 13.6 Å². The van der Waals surface area contributed by atoms with Gasteiger partial charge in [-0.3, -0.25) is 9.69 Å². The molecule has 0 aliphatic carbocycles. The smallest absolute Gasteiger partial charge is 0.232 e. The highest BCUT2D eigenvalue weighted by Crippen LogP contribution is 2.47. The van der Waals surface area contributed by atoms with E-state index in [4.69, 9.17) is 0 Å². The Balaban J connectivity index is 1.34. The van der Waals surface area contributed by atoms with Gasteiger partial charge in [0.05, 0.1) is 6.42 Å².